The standard InChI is InChI=1S/2C14H14.2C12H12N2.2C8H10.3C7H9N.2C6H8S/c1-11-3-7-13(8-4-11)14-9-5-12(2)6-10-14;1-11-5-3-7-13(9-11)14-8-4-6-12(2)10-14;1-9-3-5-11(13-7-9)12-6-4-10(2)8-14-12;1-9-5-3-7-11(13-9)12-8-4-6-10(2)14-12;1-7-3-5-8(2)6-4-7;1-7-4-3-5-8(2)6-7;2*1-6-3-4-7(2)8-5-6;1-6-4-3-5-7(2)8-6;1-5-3-6(2)7-4-5;1-5-3-4-6(2)7-5/h2*3-10H,1-2H3;2*3-8H,1-2H3;2*3-6H,1-2H3;3*3-5H,1-2H3;2*3-4H,1-2H3. The molecule has 0 amide bonds. The average Bonchev–Trinajstić information content (AvgIpc) is 1.38. The first kappa shape index (κ1) is 89.4. The Hall–Kier alpha value is -11.2. The molecule has 6 aromatic carbocycles. The largest absolute Gasteiger partial charge is 0.261 e. The molecule has 0 aliphatic rings. The predicted molar refractivity (Wildman–Crippen MR) is 477 cm³/mol. The molecule has 566 valence electrons. The van der Waals surface area contributed by atoms with Gasteiger partial charge in [-0.1, -0.05) is 233 Å². The number of thiophene rings is 2. The molecule has 110 heavy (non-hydrogen) atoms. The predicted octanol–water partition coefficient (Wildman–Crippen LogP) is 27.9. The quantitative estimate of drug-likeness (QED) is 0.173. The first-order valence-corrected chi connectivity index (χ1v) is 39.0. The van der Waals surface area contributed by atoms with E-state index in [0.29, 0.717) is 0 Å². The SMILES string of the molecule is Cc1ccc(-c2ccc(C)cc2)cc1.Cc1ccc(-c2ccc(C)cn2)nc1.Cc1ccc(C)cc1.Cc1ccc(C)nc1.Cc1ccc(C)nc1.Cc1ccc(C)s1.Cc1cccc(-c2cccc(C)c2)c1.Cc1cccc(-c2cccc(C)n2)n1.Cc1cccc(C)c1.Cc1cccc(C)n1.Cc1csc(C)c1. The maximum Gasteiger partial charge on any atom is 0.0889 e. The van der Waals surface area contributed by atoms with E-state index in [4.69, 9.17) is 0 Å². The van der Waals surface area contributed by atoms with Crippen LogP contribution >= 0.6 is 22.7 Å². The van der Waals surface area contributed by atoms with Gasteiger partial charge in [-0.15, -0.1) is 22.7 Å². The zero-order valence-electron chi connectivity index (χ0n) is 69.2. The molecule has 15 aromatic rings. The molecule has 0 spiro atoms. The van der Waals surface area contributed by atoms with Crippen LogP contribution < -0.4 is 0 Å². The van der Waals surface area contributed by atoms with E-state index in [1.165, 1.54) is 109 Å². The average molecular weight is 1490 g/mol. The van der Waals surface area contributed by atoms with Crippen molar-refractivity contribution in [2.24, 2.45) is 0 Å². The monoisotopic (exact) mass is 1490 g/mol. The van der Waals surface area contributed by atoms with E-state index in [0.717, 1.165) is 56.9 Å². The molecule has 0 saturated carbocycles. The van der Waals surface area contributed by atoms with Crippen molar-refractivity contribution in [2.45, 2.75) is 152 Å². The first-order chi connectivity index (χ1) is 52.5. The highest BCUT2D eigenvalue weighted by atomic mass is 32.1. The number of hydrogen-bond donors (Lipinski definition) is 0. The van der Waals surface area contributed by atoms with Crippen molar-refractivity contribution >= 4 is 22.7 Å². The van der Waals surface area contributed by atoms with E-state index in [2.05, 4.69) is 299 Å². The number of pyridine rings is 7. The van der Waals surface area contributed by atoms with Crippen molar-refractivity contribution in [1.82, 2.24) is 34.9 Å². The van der Waals surface area contributed by atoms with Gasteiger partial charge >= 0.3 is 0 Å². The van der Waals surface area contributed by atoms with E-state index >= 15 is 0 Å². The molecule has 9 aromatic heterocycles. The van der Waals surface area contributed by atoms with Crippen LogP contribution in [0, 0.1) is 152 Å². The third-order valence-corrected chi connectivity index (χ3v) is 18.1. The molecule has 0 N–H and O–H groups in total. The fourth-order valence-corrected chi connectivity index (χ4v) is 11.6. The molecule has 0 fully saturated rings. The van der Waals surface area contributed by atoms with E-state index in [-0.39, 0.29) is 0 Å². The van der Waals surface area contributed by atoms with Gasteiger partial charge in [0.1, 0.15) is 0 Å². The molecule has 9 heteroatoms. The zero-order chi connectivity index (χ0) is 80.3. The molecule has 0 aliphatic heterocycles. The Morgan fingerprint density at radius 1 is 0.182 bits per heavy atom. The summed E-state index contributed by atoms with van der Waals surface area (Å²) in [7, 11) is 0. The Kier molecular flexibility index (Phi) is 39.8. The van der Waals surface area contributed by atoms with Crippen LogP contribution in [-0.2, 0) is 0 Å². The molecule has 15 rings (SSSR count). The first-order valence-electron chi connectivity index (χ1n) is 37.4. The van der Waals surface area contributed by atoms with Gasteiger partial charge in [0.2, 0.25) is 0 Å². The highest BCUT2D eigenvalue weighted by Crippen LogP contribution is 2.23. The molecule has 0 unspecified atom stereocenters. The number of rotatable bonds is 4. The van der Waals surface area contributed by atoms with Gasteiger partial charge in [-0.2, -0.15) is 0 Å². The maximum atomic E-state index is 4.42. The minimum absolute atomic E-state index is 0.926. The summed E-state index contributed by atoms with van der Waals surface area (Å²) in [5.41, 5.74) is 32.0. The molecule has 0 saturated heterocycles. The maximum absolute atomic E-state index is 4.42. The topological polar surface area (TPSA) is 90.2 Å². The molecule has 0 atom stereocenters. The van der Waals surface area contributed by atoms with Gasteiger partial charge < -0.3 is 0 Å². The van der Waals surface area contributed by atoms with E-state index in [9.17, 15) is 0 Å². The summed E-state index contributed by atoms with van der Waals surface area (Å²) < 4.78 is 0. The molecular formula is C101H115N7S2. The Balaban J connectivity index is 0.000000219. The van der Waals surface area contributed by atoms with E-state index in [1.54, 1.807) is 11.3 Å². The van der Waals surface area contributed by atoms with Crippen LogP contribution in [0.25, 0.3) is 45.0 Å². The Labute approximate surface area is 668 Å². The summed E-state index contributed by atoms with van der Waals surface area (Å²) in [5.74, 6) is 0. The second-order valence-corrected chi connectivity index (χ2v) is 30.4. The number of aromatic nitrogens is 7. The molecule has 9 heterocycles. The highest BCUT2D eigenvalue weighted by molar-refractivity contribution is 7.11. The summed E-state index contributed by atoms with van der Waals surface area (Å²) in [6, 6.07) is 92.0. The lowest BCUT2D eigenvalue weighted by Crippen LogP contribution is -1.90. The second kappa shape index (κ2) is 48.9. The Morgan fingerprint density at radius 3 is 0.709 bits per heavy atom. The summed E-state index contributed by atoms with van der Waals surface area (Å²) in [6.07, 6.45) is 7.46. The van der Waals surface area contributed by atoms with Crippen LogP contribution in [0.2, 0.25) is 0 Å². The second-order valence-electron chi connectivity index (χ2n) is 27.8. The van der Waals surface area contributed by atoms with Crippen LogP contribution in [0.1, 0.15) is 121 Å². The summed E-state index contributed by atoms with van der Waals surface area (Å²) >= 11 is 3.65. The van der Waals surface area contributed by atoms with Gasteiger partial charge in [-0.05, 0) is 287 Å². The van der Waals surface area contributed by atoms with Gasteiger partial charge in [-0.25, -0.2) is 0 Å². The van der Waals surface area contributed by atoms with Crippen molar-refractivity contribution in [1.29, 1.82) is 0 Å². The summed E-state index contributed by atoms with van der Waals surface area (Å²) in [6.45, 7) is 45.4. The van der Waals surface area contributed by atoms with Gasteiger partial charge in [0.15, 0.2) is 0 Å². The fourth-order valence-electron chi connectivity index (χ4n) is 10.1. The van der Waals surface area contributed by atoms with Crippen molar-refractivity contribution < 1.29 is 0 Å². The van der Waals surface area contributed by atoms with Gasteiger partial charge in [-0.3, -0.25) is 34.9 Å². The molecule has 0 radical (unpaired) electrons. The van der Waals surface area contributed by atoms with Crippen molar-refractivity contribution in [3.8, 4) is 45.0 Å². The third-order valence-electron chi connectivity index (χ3n) is 16.2. The minimum atomic E-state index is 0.926. The van der Waals surface area contributed by atoms with Crippen molar-refractivity contribution in [2.75, 3.05) is 0 Å². The van der Waals surface area contributed by atoms with Crippen LogP contribution in [0.3, 0.4) is 0 Å². The normalized spacial score (nSPS) is 9.73. The van der Waals surface area contributed by atoms with Gasteiger partial charge in [0.25, 0.3) is 0 Å². The molecular weight excluding hydrogens is 1380 g/mol. The Bertz CT molecular complexity index is 4380. The lowest BCUT2D eigenvalue weighted by atomic mass is 10.0. The lowest BCUT2D eigenvalue weighted by molar-refractivity contribution is 1.12. The number of benzene rings is 6. The van der Waals surface area contributed by atoms with Crippen LogP contribution in [0.4, 0.5) is 0 Å². The van der Waals surface area contributed by atoms with Crippen LogP contribution in [0.15, 0.2) is 297 Å². The third kappa shape index (κ3) is 38.0. The minimum Gasteiger partial charge on any atom is -0.261 e. The fraction of sp³-hybridized carbons (Fsp3) is 0.218. The smallest absolute Gasteiger partial charge is 0.0889 e. The van der Waals surface area contributed by atoms with Gasteiger partial charge in [0.05, 0.1) is 22.8 Å². The molecule has 0 aliphatic carbocycles. The van der Waals surface area contributed by atoms with Gasteiger partial charge in [0, 0.05) is 73.6 Å². The highest BCUT2D eigenvalue weighted by Gasteiger charge is 2.03. The number of nitrogens with zero attached hydrogens (tertiary/aromatic N) is 7. The van der Waals surface area contributed by atoms with Crippen LogP contribution in [-0.4, -0.2) is 34.9 Å². The van der Waals surface area contributed by atoms with Crippen molar-refractivity contribution in [3.63, 3.8) is 0 Å². The molecule has 0 bridgehead atoms. The lowest BCUT2D eigenvalue weighted by Gasteiger charge is -2.03. The molecule has 7 nitrogen and oxygen atoms in total. The summed E-state index contributed by atoms with van der Waals surface area (Å²) in [5, 5.41) is 2.16. The van der Waals surface area contributed by atoms with Crippen molar-refractivity contribution in [3.05, 3.63) is 418 Å². The number of aryl methyl sites for hydroxylation is 22. The van der Waals surface area contributed by atoms with Crippen LogP contribution in [0.5, 0.6) is 0 Å². The van der Waals surface area contributed by atoms with E-state index in [1.807, 2.05) is 196 Å². The van der Waals surface area contributed by atoms with E-state index < -0.39 is 0 Å². The summed E-state index contributed by atoms with van der Waals surface area (Å²) in [4.78, 5) is 34.0. The zero-order valence-corrected chi connectivity index (χ0v) is 70.9. The Morgan fingerprint density at radius 2 is 0.482 bits per heavy atom. The number of hydrogen-bond acceptors (Lipinski definition) is 9.